The number of halogens is 4. The fraction of sp³-hybridized carbons (Fsp3) is 0.286. The van der Waals surface area contributed by atoms with Crippen molar-refractivity contribution in [3.63, 3.8) is 0 Å². The molecule has 1 unspecified atom stereocenters. The van der Waals surface area contributed by atoms with E-state index in [-0.39, 0.29) is 12.0 Å². The molecule has 0 aliphatic rings. The number of primary amides is 1. The third kappa shape index (κ3) is 3.24. The number of alkyl halides is 3. The molecule has 1 amide bonds. The summed E-state index contributed by atoms with van der Waals surface area (Å²) in [6, 6.07) is 5.20. The van der Waals surface area contributed by atoms with E-state index in [2.05, 4.69) is 5.10 Å². The number of aromatic nitrogens is 2. The third-order valence-corrected chi connectivity index (χ3v) is 3.81. The molecular formula is C14H13ClF3N3O. The van der Waals surface area contributed by atoms with E-state index in [1.807, 2.05) is 0 Å². The minimum absolute atomic E-state index is 0.0301. The van der Waals surface area contributed by atoms with Crippen LogP contribution in [0.2, 0.25) is 5.02 Å². The summed E-state index contributed by atoms with van der Waals surface area (Å²) < 4.78 is 40.1. The lowest BCUT2D eigenvalue weighted by Crippen LogP contribution is -2.25. The molecule has 0 aliphatic heterocycles. The second-order valence-electron chi connectivity index (χ2n) is 4.82. The standard InChI is InChI=1S/C14H13ClF3N3O/c1-21-11(5-6-20-21)9(13(19)22)7-8-3-2-4-10(12(8)15)14(16,17)18/h2-6,9H,7H2,1H3,(H2,19,22). The molecule has 0 saturated carbocycles. The minimum atomic E-state index is -4.55. The molecule has 8 heteroatoms. The van der Waals surface area contributed by atoms with E-state index in [0.717, 1.165) is 6.07 Å². The van der Waals surface area contributed by atoms with E-state index >= 15 is 0 Å². The van der Waals surface area contributed by atoms with Gasteiger partial charge >= 0.3 is 6.18 Å². The Morgan fingerprint density at radius 2 is 2.09 bits per heavy atom. The van der Waals surface area contributed by atoms with Gasteiger partial charge in [0, 0.05) is 13.2 Å². The number of carbonyl (C=O) groups excluding carboxylic acids is 1. The van der Waals surface area contributed by atoms with Crippen molar-refractivity contribution in [1.82, 2.24) is 9.78 Å². The smallest absolute Gasteiger partial charge is 0.369 e. The predicted molar refractivity (Wildman–Crippen MR) is 75.3 cm³/mol. The van der Waals surface area contributed by atoms with Crippen molar-refractivity contribution in [2.75, 3.05) is 0 Å². The number of nitrogens with zero attached hydrogens (tertiary/aromatic N) is 2. The van der Waals surface area contributed by atoms with Gasteiger partial charge in [0.25, 0.3) is 0 Å². The molecular weight excluding hydrogens is 319 g/mol. The van der Waals surface area contributed by atoms with Crippen LogP contribution in [0, 0.1) is 0 Å². The van der Waals surface area contributed by atoms with Crippen molar-refractivity contribution in [2.24, 2.45) is 12.8 Å². The largest absolute Gasteiger partial charge is 0.417 e. The SMILES string of the molecule is Cn1nccc1C(Cc1cccc(C(F)(F)F)c1Cl)C(N)=O. The van der Waals surface area contributed by atoms with Gasteiger partial charge in [-0.25, -0.2) is 0 Å². The Kier molecular flexibility index (Phi) is 4.46. The van der Waals surface area contributed by atoms with Gasteiger partial charge in [0.1, 0.15) is 0 Å². The minimum Gasteiger partial charge on any atom is -0.369 e. The summed E-state index contributed by atoms with van der Waals surface area (Å²) in [5.41, 5.74) is 5.17. The van der Waals surface area contributed by atoms with Crippen molar-refractivity contribution in [2.45, 2.75) is 18.5 Å². The van der Waals surface area contributed by atoms with Crippen LogP contribution in [0.1, 0.15) is 22.7 Å². The van der Waals surface area contributed by atoms with Crippen LogP contribution in [0.5, 0.6) is 0 Å². The molecule has 1 aromatic heterocycles. The van der Waals surface area contributed by atoms with Gasteiger partial charge in [-0.1, -0.05) is 23.7 Å². The third-order valence-electron chi connectivity index (χ3n) is 3.37. The average Bonchev–Trinajstić information content (AvgIpc) is 2.82. The molecule has 2 N–H and O–H groups in total. The molecule has 2 aromatic rings. The number of rotatable bonds is 4. The molecule has 118 valence electrons. The number of carbonyl (C=O) groups is 1. The fourth-order valence-corrected chi connectivity index (χ4v) is 2.56. The topological polar surface area (TPSA) is 60.9 Å². The lowest BCUT2D eigenvalue weighted by Gasteiger charge is -2.17. The van der Waals surface area contributed by atoms with Crippen molar-refractivity contribution >= 4 is 17.5 Å². The summed E-state index contributed by atoms with van der Waals surface area (Å²) in [6.45, 7) is 0. The van der Waals surface area contributed by atoms with Gasteiger partial charge < -0.3 is 5.73 Å². The molecule has 1 heterocycles. The summed E-state index contributed by atoms with van der Waals surface area (Å²) in [7, 11) is 1.62. The molecule has 0 aliphatic carbocycles. The zero-order valence-electron chi connectivity index (χ0n) is 11.6. The lowest BCUT2D eigenvalue weighted by atomic mass is 9.94. The quantitative estimate of drug-likeness (QED) is 0.936. The second-order valence-corrected chi connectivity index (χ2v) is 5.19. The fourth-order valence-electron chi connectivity index (χ4n) is 2.25. The van der Waals surface area contributed by atoms with E-state index in [1.54, 1.807) is 13.1 Å². The van der Waals surface area contributed by atoms with Gasteiger partial charge in [-0.3, -0.25) is 9.48 Å². The Bertz CT molecular complexity index is 697. The average molecular weight is 332 g/mol. The lowest BCUT2D eigenvalue weighted by molar-refractivity contribution is -0.137. The first-order valence-electron chi connectivity index (χ1n) is 6.33. The van der Waals surface area contributed by atoms with E-state index in [0.29, 0.717) is 5.69 Å². The van der Waals surface area contributed by atoms with Gasteiger partial charge in [0.05, 0.1) is 22.2 Å². The number of aryl methyl sites for hydroxylation is 1. The Morgan fingerprint density at radius 1 is 1.41 bits per heavy atom. The van der Waals surface area contributed by atoms with Gasteiger partial charge in [0.15, 0.2) is 0 Å². The van der Waals surface area contributed by atoms with Crippen LogP contribution < -0.4 is 5.73 Å². The Labute approximate surface area is 129 Å². The first-order chi connectivity index (χ1) is 10.2. The highest BCUT2D eigenvalue weighted by molar-refractivity contribution is 6.32. The van der Waals surface area contributed by atoms with Crippen LogP contribution in [-0.2, 0) is 24.4 Å². The molecule has 0 radical (unpaired) electrons. The summed E-state index contributed by atoms with van der Waals surface area (Å²) >= 11 is 5.85. The number of hydrogen-bond acceptors (Lipinski definition) is 2. The molecule has 22 heavy (non-hydrogen) atoms. The zero-order chi connectivity index (χ0) is 16.5. The Hall–Kier alpha value is -2.02. The van der Waals surface area contributed by atoms with Gasteiger partial charge in [-0.15, -0.1) is 0 Å². The van der Waals surface area contributed by atoms with Crippen LogP contribution in [-0.4, -0.2) is 15.7 Å². The molecule has 0 bridgehead atoms. The summed E-state index contributed by atoms with van der Waals surface area (Å²) in [5, 5.41) is 3.52. The summed E-state index contributed by atoms with van der Waals surface area (Å²) in [6.07, 6.45) is -3.10. The van der Waals surface area contributed by atoms with Crippen LogP contribution >= 0.6 is 11.6 Å². The van der Waals surface area contributed by atoms with E-state index < -0.39 is 28.6 Å². The number of hydrogen-bond donors (Lipinski definition) is 1. The monoisotopic (exact) mass is 331 g/mol. The van der Waals surface area contributed by atoms with Crippen LogP contribution in [0.25, 0.3) is 0 Å². The maximum atomic E-state index is 12.9. The van der Waals surface area contributed by atoms with Gasteiger partial charge in [-0.2, -0.15) is 18.3 Å². The summed E-state index contributed by atoms with van der Waals surface area (Å²) in [5.74, 6) is -1.47. The molecule has 2 rings (SSSR count). The highest BCUT2D eigenvalue weighted by Crippen LogP contribution is 2.37. The number of amides is 1. The van der Waals surface area contributed by atoms with Gasteiger partial charge in [0.2, 0.25) is 5.91 Å². The van der Waals surface area contributed by atoms with Crippen LogP contribution in [0.15, 0.2) is 30.5 Å². The second kappa shape index (κ2) is 6.00. The molecule has 1 aromatic carbocycles. The van der Waals surface area contributed by atoms with Crippen molar-refractivity contribution < 1.29 is 18.0 Å². The summed E-state index contributed by atoms with van der Waals surface area (Å²) in [4.78, 5) is 11.7. The van der Waals surface area contributed by atoms with E-state index in [4.69, 9.17) is 17.3 Å². The molecule has 0 fully saturated rings. The molecule has 0 spiro atoms. The maximum Gasteiger partial charge on any atom is 0.417 e. The first-order valence-corrected chi connectivity index (χ1v) is 6.71. The molecule has 0 saturated heterocycles. The Morgan fingerprint density at radius 3 is 2.59 bits per heavy atom. The highest BCUT2D eigenvalue weighted by Gasteiger charge is 2.34. The predicted octanol–water partition coefficient (Wildman–Crippen LogP) is 2.90. The molecule has 1 atom stereocenters. The van der Waals surface area contributed by atoms with Gasteiger partial charge in [-0.05, 0) is 24.1 Å². The van der Waals surface area contributed by atoms with Crippen LogP contribution in [0.4, 0.5) is 13.2 Å². The normalized spacial score (nSPS) is 13.1. The van der Waals surface area contributed by atoms with E-state index in [1.165, 1.54) is 23.0 Å². The molecule has 4 nitrogen and oxygen atoms in total. The highest BCUT2D eigenvalue weighted by atomic mass is 35.5. The number of benzene rings is 1. The van der Waals surface area contributed by atoms with Crippen molar-refractivity contribution in [1.29, 1.82) is 0 Å². The Balaban J connectivity index is 2.40. The van der Waals surface area contributed by atoms with Crippen molar-refractivity contribution in [3.8, 4) is 0 Å². The van der Waals surface area contributed by atoms with E-state index in [9.17, 15) is 18.0 Å². The zero-order valence-corrected chi connectivity index (χ0v) is 12.3. The first kappa shape index (κ1) is 16.4. The van der Waals surface area contributed by atoms with Crippen molar-refractivity contribution in [3.05, 3.63) is 52.3 Å². The number of nitrogens with two attached hydrogens (primary N) is 1. The maximum absolute atomic E-state index is 12.9. The van der Waals surface area contributed by atoms with Crippen LogP contribution in [0.3, 0.4) is 0 Å².